The molecule has 108 valence electrons. The van der Waals surface area contributed by atoms with Gasteiger partial charge in [0.15, 0.2) is 0 Å². The van der Waals surface area contributed by atoms with Crippen LogP contribution in [0.5, 0.6) is 0 Å². The third kappa shape index (κ3) is 3.47. The first-order valence-corrected chi connectivity index (χ1v) is 7.04. The molecule has 0 saturated carbocycles. The van der Waals surface area contributed by atoms with E-state index < -0.39 is 5.91 Å². The number of nitriles is 1. The van der Waals surface area contributed by atoms with Gasteiger partial charge in [0.25, 0.3) is 5.91 Å². The molecule has 0 bridgehead atoms. The van der Waals surface area contributed by atoms with Gasteiger partial charge in [-0.3, -0.25) is 9.89 Å². The van der Waals surface area contributed by atoms with E-state index in [2.05, 4.69) is 36.4 Å². The number of H-pyrrole nitrogens is 1. The summed E-state index contributed by atoms with van der Waals surface area (Å²) in [6.07, 6.45) is 0. The minimum Gasteiger partial charge on any atom is -0.318 e. The summed E-state index contributed by atoms with van der Waals surface area (Å²) in [6, 6.07) is 7.04. The molecule has 6 nitrogen and oxygen atoms in total. The maximum absolute atomic E-state index is 12.2. The molecule has 0 aliphatic heterocycles. The second-order valence-corrected chi connectivity index (χ2v) is 6.43. The summed E-state index contributed by atoms with van der Waals surface area (Å²) in [5.41, 5.74) is 0.566. The van der Waals surface area contributed by atoms with Gasteiger partial charge in [0.1, 0.15) is 11.9 Å². The molecule has 2 rings (SSSR count). The molecule has 2 N–H and O–H groups in total. The van der Waals surface area contributed by atoms with Crippen molar-refractivity contribution < 1.29 is 4.79 Å². The minimum absolute atomic E-state index is 0.0452. The highest BCUT2D eigenvalue weighted by atomic mass is 79.9. The van der Waals surface area contributed by atoms with Gasteiger partial charge in [-0.1, -0.05) is 36.7 Å². The smallest absolute Gasteiger partial charge is 0.295 e. The lowest BCUT2D eigenvalue weighted by Gasteiger charge is -2.12. The van der Waals surface area contributed by atoms with Crippen LogP contribution in [0.25, 0.3) is 0 Å². The van der Waals surface area contributed by atoms with E-state index in [4.69, 9.17) is 5.26 Å². The molecule has 21 heavy (non-hydrogen) atoms. The number of anilines is 1. The largest absolute Gasteiger partial charge is 0.318 e. The summed E-state index contributed by atoms with van der Waals surface area (Å²) >= 11 is 3.30. The van der Waals surface area contributed by atoms with Crippen LogP contribution in [0.3, 0.4) is 0 Å². The second kappa shape index (κ2) is 5.66. The number of aromatic amines is 1. The normalized spacial score (nSPS) is 11.0. The minimum atomic E-state index is -0.462. The number of aromatic nitrogens is 3. The van der Waals surface area contributed by atoms with Crippen molar-refractivity contribution in [1.82, 2.24) is 15.2 Å². The average molecular weight is 348 g/mol. The molecule has 0 radical (unpaired) electrons. The fourth-order valence-corrected chi connectivity index (χ4v) is 1.96. The lowest BCUT2D eigenvalue weighted by Crippen LogP contribution is -2.16. The highest BCUT2D eigenvalue weighted by Gasteiger charge is 2.21. The molecule has 0 atom stereocenters. The van der Waals surface area contributed by atoms with Gasteiger partial charge in [0.2, 0.25) is 5.82 Å². The van der Waals surface area contributed by atoms with Crippen LogP contribution in [0, 0.1) is 11.3 Å². The third-order valence-corrected chi connectivity index (χ3v) is 3.24. The van der Waals surface area contributed by atoms with Crippen LogP contribution in [0.2, 0.25) is 0 Å². The Hall–Kier alpha value is -2.20. The highest BCUT2D eigenvalue weighted by molar-refractivity contribution is 9.10. The number of hydrogen-bond donors (Lipinski definition) is 2. The van der Waals surface area contributed by atoms with Crippen molar-refractivity contribution in [2.45, 2.75) is 26.2 Å². The summed E-state index contributed by atoms with van der Waals surface area (Å²) < 4.78 is 0.766. The zero-order chi connectivity index (χ0) is 15.6. The van der Waals surface area contributed by atoms with Crippen molar-refractivity contribution >= 4 is 27.5 Å². The van der Waals surface area contributed by atoms with E-state index in [1.54, 1.807) is 18.2 Å². The summed E-state index contributed by atoms with van der Waals surface area (Å²) in [5, 5.41) is 18.4. The molecule has 0 unspecified atom stereocenters. The number of amides is 1. The number of nitrogens with one attached hydrogen (secondary N) is 2. The first-order valence-electron chi connectivity index (χ1n) is 6.25. The Labute approximate surface area is 130 Å². The van der Waals surface area contributed by atoms with Gasteiger partial charge in [-0.15, -0.1) is 5.10 Å². The molecule has 1 amide bonds. The van der Waals surface area contributed by atoms with Crippen molar-refractivity contribution in [1.29, 1.82) is 5.26 Å². The van der Waals surface area contributed by atoms with Crippen LogP contribution in [0.1, 0.15) is 42.8 Å². The number of halogens is 1. The van der Waals surface area contributed by atoms with Gasteiger partial charge in [-0.25, -0.2) is 4.98 Å². The molecule has 0 spiro atoms. The molecule has 0 saturated heterocycles. The van der Waals surface area contributed by atoms with Crippen molar-refractivity contribution in [2.75, 3.05) is 5.32 Å². The number of hydrogen-bond acceptors (Lipinski definition) is 4. The van der Waals surface area contributed by atoms with E-state index in [0.717, 1.165) is 4.47 Å². The first kappa shape index (κ1) is 15.2. The number of carbonyl (C=O) groups excluding carboxylic acids is 1. The zero-order valence-corrected chi connectivity index (χ0v) is 13.4. The quantitative estimate of drug-likeness (QED) is 0.872. The van der Waals surface area contributed by atoms with Gasteiger partial charge < -0.3 is 5.32 Å². The van der Waals surface area contributed by atoms with Crippen LogP contribution in [-0.2, 0) is 5.41 Å². The summed E-state index contributed by atoms with van der Waals surface area (Å²) in [7, 11) is 0. The lowest BCUT2D eigenvalue weighted by molar-refractivity contribution is 0.101. The Morgan fingerprint density at radius 3 is 2.71 bits per heavy atom. The van der Waals surface area contributed by atoms with E-state index in [0.29, 0.717) is 17.1 Å². The highest BCUT2D eigenvalue weighted by Crippen LogP contribution is 2.22. The van der Waals surface area contributed by atoms with Gasteiger partial charge in [-0.2, -0.15) is 5.26 Å². The van der Waals surface area contributed by atoms with Crippen molar-refractivity contribution in [3.8, 4) is 6.07 Å². The third-order valence-electron chi connectivity index (χ3n) is 2.75. The Balaban J connectivity index is 2.25. The number of nitrogens with zero attached hydrogens (tertiary/aromatic N) is 3. The van der Waals surface area contributed by atoms with Crippen molar-refractivity contribution in [2.24, 2.45) is 0 Å². The van der Waals surface area contributed by atoms with Crippen LogP contribution in [0.4, 0.5) is 5.69 Å². The molecule has 1 aromatic heterocycles. The number of carbonyl (C=O) groups is 1. The molecule has 0 aliphatic rings. The maximum Gasteiger partial charge on any atom is 0.295 e. The standard InChI is InChI=1S/C14H14BrN5O/c1-14(2,3)13-18-11(19-20-13)12(21)17-10-6-9(15)5-4-8(10)7-16/h4-6H,1-3H3,(H,17,21)(H,18,19,20). The Morgan fingerprint density at radius 2 is 2.14 bits per heavy atom. The van der Waals surface area contributed by atoms with Gasteiger partial charge in [0.05, 0.1) is 11.3 Å². The predicted molar refractivity (Wildman–Crippen MR) is 81.9 cm³/mol. The summed E-state index contributed by atoms with van der Waals surface area (Å²) in [6.45, 7) is 5.91. The molecule has 0 fully saturated rings. The number of rotatable bonds is 2. The van der Waals surface area contributed by atoms with Crippen molar-refractivity contribution in [3.05, 3.63) is 39.9 Å². The molecular formula is C14H14BrN5O. The van der Waals surface area contributed by atoms with E-state index in [-0.39, 0.29) is 11.2 Å². The van der Waals surface area contributed by atoms with Gasteiger partial charge >= 0.3 is 0 Å². The van der Waals surface area contributed by atoms with E-state index in [1.807, 2.05) is 26.8 Å². The fourth-order valence-electron chi connectivity index (χ4n) is 1.59. The summed E-state index contributed by atoms with van der Waals surface area (Å²) in [4.78, 5) is 16.3. The molecule has 7 heteroatoms. The van der Waals surface area contributed by atoms with Gasteiger partial charge in [-0.05, 0) is 18.2 Å². The van der Waals surface area contributed by atoms with E-state index in [1.165, 1.54) is 0 Å². The topological polar surface area (TPSA) is 94.5 Å². The maximum atomic E-state index is 12.2. The second-order valence-electron chi connectivity index (χ2n) is 5.51. The lowest BCUT2D eigenvalue weighted by atomic mass is 9.96. The van der Waals surface area contributed by atoms with Gasteiger partial charge in [0, 0.05) is 9.89 Å². The Bertz CT molecular complexity index is 724. The zero-order valence-electron chi connectivity index (χ0n) is 11.9. The molecule has 0 aliphatic carbocycles. The van der Waals surface area contributed by atoms with Crippen LogP contribution in [0.15, 0.2) is 22.7 Å². The Kier molecular flexibility index (Phi) is 4.09. The molecule has 2 aromatic rings. The first-order chi connectivity index (χ1) is 9.81. The fraction of sp³-hybridized carbons (Fsp3) is 0.286. The SMILES string of the molecule is CC(C)(C)c1nc(C(=O)Nc2cc(Br)ccc2C#N)n[nH]1. The molecule has 1 heterocycles. The molecular weight excluding hydrogens is 334 g/mol. The van der Waals surface area contributed by atoms with Crippen molar-refractivity contribution in [3.63, 3.8) is 0 Å². The van der Waals surface area contributed by atoms with Crippen LogP contribution < -0.4 is 5.32 Å². The van der Waals surface area contributed by atoms with Crippen LogP contribution in [-0.4, -0.2) is 21.1 Å². The Morgan fingerprint density at radius 1 is 1.43 bits per heavy atom. The number of benzene rings is 1. The predicted octanol–water partition coefficient (Wildman–Crippen LogP) is 2.99. The van der Waals surface area contributed by atoms with E-state index in [9.17, 15) is 4.79 Å². The van der Waals surface area contributed by atoms with E-state index >= 15 is 0 Å². The monoisotopic (exact) mass is 347 g/mol. The van der Waals surface area contributed by atoms with Crippen LogP contribution >= 0.6 is 15.9 Å². The average Bonchev–Trinajstić information content (AvgIpc) is 2.88. The molecule has 1 aromatic carbocycles. The summed E-state index contributed by atoms with van der Waals surface area (Å²) in [5.74, 6) is 0.211.